The molecule has 16 nitrogen and oxygen atoms in total. The minimum absolute atomic E-state index is 0.0404. The fourth-order valence-electron chi connectivity index (χ4n) is 8.63. The van der Waals surface area contributed by atoms with Gasteiger partial charge in [-0.25, -0.2) is 32.3 Å². The molecule has 0 saturated heterocycles. The molecule has 20 heteroatoms. The number of allylic oxidation sites excluding steroid dienone is 2. The number of primary amides is 1. The van der Waals surface area contributed by atoms with E-state index in [1.807, 2.05) is 30.4 Å². The summed E-state index contributed by atoms with van der Waals surface area (Å²) in [5.74, 6) is -7.32. The largest absolute Gasteiger partial charge is 0.477 e. The summed E-state index contributed by atoms with van der Waals surface area (Å²) in [7, 11) is 0. The third-order valence-electron chi connectivity index (χ3n) is 12.3. The second-order valence-corrected chi connectivity index (χ2v) is 17.3. The first-order valence-electron chi connectivity index (χ1n) is 23.3. The van der Waals surface area contributed by atoms with E-state index in [0.29, 0.717) is 46.5 Å². The molecule has 2 aliphatic carbocycles. The fraction of sp³-hybridized carbons (Fsp3) is 0.107. The lowest BCUT2D eigenvalue weighted by Crippen LogP contribution is -2.33. The molecule has 0 bridgehead atoms. The number of halogens is 4. The third kappa shape index (κ3) is 11.3. The molecular formula is C56H41F4N9O7. The summed E-state index contributed by atoms with van der Waals surface area (Å²) in [6, 6.07) is 26.3. The third-order valence-corrected chi connectivity index (χ3v) is 12.3. The Morgan fingerprint density at radius 1 is 0.566 bits per heavy atom. The first-order valence-corrected chi connectivity index (χ1v) is 23.3. The summed E-state index contributed by atoms with van der Waals surface area (Å²) in [6.45, 7) is -0.308. The highest BCUT2D eigenvalue weighted by Crippen LogP contribution is 2.33. The highest BCUT2D eigenvalue weighted by Gasteiger charge is 2.22. The quantitative estimate of drug-likeness (QED) is 0.0852. The van der Waals surface area contributed by atoms with Gasteiger partial charge < -0.3 is 30.6 Å². The number of pyridine rings is 6. The standard InChI is InChI=1S/C28H21F2N5O3.C28H20F2N4O4/c29-22-7-5-16(11-23(22)30)15-35-10-2-4-21(28(35)38)27(37)33-14-18-12-17(13-25(34-18)26(31)36)19-6-8-24-20(19)3-1-9-32-24;29-22-7-5-16(11-23(22)30)15-34-10-2-4-21(27(34)36)26(35)32-14-18-12-17(13-25(33-18)28(37)38)19-6-8-24-20(19)3-1-9-31-24/h1-7,9-13H,8,14-15H2,(H2,31,36)(H,33,37);1-7,9-13H,8,14-15H2,(H,32,35)(H,37,38). The number of aromatic nitrogens is 6. The number of benzene rings is 2. The van der Waals surface area contributed by atoms with E-state index in [-0.39, 0.29) is 48.7 Å². The van der Waals surface area contributed by atoms with Gasteiger partial charge in [-0.3, -0.25) is 33.9 Å². The van der Waals surface area contributed by atoms with Gasteiger partial charge in [0.05, 0.1) is 49.0 Å². The zero-order valence-electron chi connectivity index (χ0n) is 39.8. The van der Waals surface area contributed by atoms with Crippen molar-refractivity contribution in [2.24, 2.45) is 5.73 Å². The maximum atomic E-state index is 13.6. The van der Waals surface area contributed by atoms with Crippen molar-refractivity contribution >= 4 is 34.8 Å². The van der Waals surface area contributed by atoms with Crippen molar-refractivity contribution in [2.75, 3.05) is 0 Å². The van der Waals surface area contributed by atoms with E-state index >= 15 is 0 Å². The molecule has 8 aromatic rings. The molecule has 0 fully saturated rings. The summed E-state index contributed by atoms with van der Waals surface area (Å²) in [6.07, 6.45) is 11.5. The predicted molar refractivity (Wildman–Crippen MR) is 269 cm³/mol. The maximum absolute atomic E-state index is 13.6. The van der Waals surface area contributed by atoms with Gasteiger partial charge in [0.25, 0.3) is 28.8 Å². The molecule has 2 aliphatic rings. The Labute approximate surface area is 428 Å². The highest BCUT2D eigenvalue weighted by molar-refractivity contribution is 5.95. The van der Waals surface area contributed by atoms with Crippen molar-refractivity contribution < 1.29 is 41.8 Å². The number of fused-ring (bicyclic) bond motifs is 2. The molecule has 0 radical (unpaired) electrons. The van der Waals surface area contributed by atoms with Gasteiger partial charge in [-0.1, -0.05) is 36.4 Å². The van der Waals surface area contributed by atoms with E-state index < -0.39 is 58.1 Å². The molecule has 0 saturated carbocycles. The average molecular weight is 1030 g/mol. The average Bonchev–Trinajstić information content (AvgIpc) is 4.07. The second kappa shape index (κ2) is 22.0. The predicted octanol–water partition coefficient (Wildman–Crippen LogP) is 6.56. The van der Waals surface area contributed by atoms with Crippen LogP contribution in [0.4, 0.5) is 17.6 Å². The van der Waals surface area contributed by atoms with E-state index in [9.17, 15) is 51.4 Å². The summed E-state index contributed by atoms with van der Waals surface area (Å²) in [5, 5.41) is 14.9. The summed E-state index contributed by atoms with van der Waals surface area (Å²) in [4.78, 5) is 92.4. The minimum atomic E-state index is -1.22. The van der Waals surface area contributed by atoms with Gasteiger partial charge in [-0.2, -0.15) is 0 Å². The zero-order chi connectivity index (χ0) is 53.6. The molecule has 3 amide bonds. The normalized spacial score (nSPS) is 12.1. The van der Waals surface area contributed by atoms with E-state index in [2.05, 4.69) is 30.6 Å². The molecule has 6 heterocycles. The van der Waals surface area contributed by atoms with E-state index in [4.69, 9.17) is 5.73 Å². The Balaban J connectivity index is 0.000000186. The van der Waals surface area contributed by atoms with Gasteiger partial charge >= 0.3 is 5.97 Å². The van der Waals surface area contributed by atoms with Gasteiger partial charge in [0, 0.05) is 48.8 Å². The molecule has 0 unspecified atom stereocenters. The Bertz CT molecular complexity index is 3610. The smallest absolute Gasteiger partial charge is 0.354 e. The molecule has 380 valence electrons. The summed E-state index contributed by atoms with van der Waals surface area (Å²) >= 11 is 0. The molecule has 6 aromatic heterocycles. The van der Waals surface area contributed by atoms with Crippen molar-refractivity contribution in [1.29, 1.82) is 0 Å². The number of rotatable bonds is 14. The van der Waals surface area contributed by atoms with Gasteiger partial charge in [0.1, 0.15) is 22.5 Å². The fourth-order valence-corrected chi connectivity index (χ4v) is 8.63. The molecule has 0 atom stereocenters. The number of aromatic carboxylic acids is 1. The number of carbonyl (C=O) groups excluding carboxylic acids is 3. The summed E-state index contributed by atoms with van der Waals surface area (Å²) in [5.41, 5.74) is 11.9. The van der Waals surface area contributed by atoms with Gasteiger partial charge in [0.15, 0.2) is 23.3 Å². The molecule has 0 spiro atoms. The van der Waals surface area contributed by atoms with Crippen LogP contribution in [0.3, 0.4) is 0 Å². The number of nitrogens with zero attached hydrogens (tertiary/aromatic N) is 6. The van der Waals surface area contributed by atoms with Crippen LogP contribution in [0.15, 0.2) is 156 Å². The Kier molecular flexibility index (Phi) is 14.8. The monoisotopic (exact) mass is 1030 g/mol. The van der Waals surface area contributed by atoms with Crippen LogP contribution in [0.1, 0.15) is 97.8 Å². The molecule has 0 aliphatic heterocycles. The highest BCUT2D eigenvalue weighted by atomic mass is 19.2. The molecular weight excluding hydrogens is 987 g/mol. The van der Waals surface area contributed by atoms with E-state index in [0.717, 1.165) is 57.9 Å². The number of hydrogen-bond donors (Lipinski definition) is 4. The first-order chi connectivity index (χ1) is 36.6. The number of amides is 3. The van der Waals surface area contributed by atoms with Crippen molar-refractivity contribution in [3.63, 3.8) is 0 Å². The number of carbonyl (C=O) groups is 4. The lowest BCUT2D eigenvalue weighted by atomic mass is 10.00. The Morgan fingerprint density at radius 2 is 1.01 bits per heavy atom. The van der Waals surface area contributed by atoms with E-state index in [1.54, 1.807) is 36.7 Å². The molecule has 10 rings (SSSR count). The van der Waals surface area contributed by atoms with Crippen molar-refractivity contribution in [2.45, 2.75) is 39.0 Å². The number of nitrogens with one attached hydrogen (secondary N) is 2. The van der Waals surface area contributed by atoms with Crippen molar-refractivity contribution in [1.82, 2.24) is 39.7 Å². The number of nitrogens with two attached hydrogens (primary N) is 1. The molecule has 5 N–H and O–H groups in total. The van der Waals surface area contributed by atoms with Crippen LogP contribution in [0.2, 0.25) is 0 Å². The Hall–Kier alpha value is -9.98. The zero-order valence-corrected chi connectivity index (χ0v) is 39.8. The lowest BCUT2D eigenvalue weighted by Gasteiger charge is -2.11. The van der Waals surface area contributed by atoms with Crippen LogP contribution in [0.25, 0.3) is 11.1 Å². The second-order valence-electron chi connectivity index (χ2n) is 17.3. The van der Waals surface area contributed by atoms with Crippen LogP contribution >= 0.6 is 0 Å². The van der Waals surface area contributed by atoms with Crippen LogP contribution in [0.5, 0.6) is 0 Å². The SMILES string of the molecule is NC(=O)c1cc(C2=CCc3ncccc32)cc(CNC(=O)c2cccn(Cc3ccc(F)c(F)c3)c2=O)n1.O=C(O)c1cc(C2=CCc3ncccc32)cc(CNC(=O)c2cccn(Cc3ccc(F)c(F)c3)c2=O)n1. The van der Waals surface area contributed by atoms with Gasteiger partial charge in [-0.15, -0.1) is 0 Å². The molecule has 2 aromatic carbocycles. The van der Waals surface area contributed by atoms with Crippen LogP contribution in [-0.4, -0.2) is 57.9 Å². The number of carboxylic acids is 1. The van der Waals surface area contributed by atoms with Crippen LogP contribution in [-0.2, 0) is 39.0 Å². The van der Waals surface area contributed by atoms with Gasteiger partial charge in [-0.05, 0) is 118 Å². The van der Waals surface area contributed by atoms with Crippen LogP contribution in [0, 0.1) is 23.3 Å². The first kappa shape index (κ1) is 50.9. The Morgan fingerprint density at radius 3 is 1.45 bits per heavy atom. The van der Waals surface area contributed by atoms with Crippen molar-refractivity contribution in [3.05, 3.63) is 269 Å². The van der Waals surface area contributed by atoms with Gasteiger partial charge in [0.2, 0.25) is 0 Å². The maximum Gasteiger partial charge on any atom is 0.354 e. The molecule has 76 heavy (non-hydrogen) atoms. The number of hydrogen-bond acceptors (Lipinski definition) is 10. The van der Waals surface area contributed by atoms with Crippen LogP contribution < -0.4 is 27.5 Å². The minimum Gasteiger partial charge on any atom is -0.477 e. The van der Waals surface area contributed by atoms with Crippen molar-refractivity contribution in [3.8, 4) is 0 Å². The topological polar surface area (TPSA) is 234 Å². The van der Waals surface area contributed by atoms with E-state index in [1.165, 1.54) is 64.0 Å². The number of carboxylic acid groups (broad SMARTS) is 1. The lowest BCUT2D eigenvalue weighted by molar-refractivity contribution is 0.0689. The summed E-state index contributed by atoms with van der Waals surface area (Å²) < 4.78 is 56.0.